The molecule has 0 fully saturated rings. The normalized spacial score (nSPS) is 11.3. The molecule has 1 aromatic heterocycles. The number of pyridine rings is 1. The SMILES string of the molecule is COC(=O)C(C)Oc1cccc(Oc2nc(C)c(C#N)cc2Cl)c1. The van der Waals surface area contributed by atoms with Crippen LogP contribution < -0.4 is 9.47 Å². The van der Waals surface area contributed by atoms with Crippen LogP contribution in [0.1, 0.15) is 18.2 Å². The molecule has 0 amide bonds. The third-order valence-corrected chi connectivity index (χ3v) is 3.39. The van der Waals surface area contributed by atoms with Crippen molar-refractivity contribution in [1.82, 2.24) is 4.98 Å². The van der Waals surface area contributed by atoms with Crippen LogP contribution in [0.25, 0.3) is 0 Å². The van der Waals surface area contributed by atoms with Crippen molar-refractivity contribution in [3.63, 3.8) is 0 Å². The fourth-order valence-corrected chi connectivity index (χ4v) is 2.07. The van der Waals surface area contributed by atoms with Crippen LogP contribution in [0.4, 0.5) is 0 Å². The zero-order chi connectivity index (χ0) is 17.7. The smallest absolute Gasteiger partial charge is 0.346 e. The number of methoxy groups -OCH3 is 1. The van der Waals surface area contributed by atoms with Gasteiger partial charge in [-0.1, -0.05) is 17.7 Å². The first kappa shape index (κ1) is 17.6. The molecule has 0 N–H and O–H groups in total. The molecule has 0 aliphatic carbocycles. The highest BCUT2D eigenvalue weighted by atomic mass is 35.5. The molecule has 7 heteroatoms. The number of aryl methyl sites for hydroxylation is 1. The van der Waals surface area contributed by atoms with Crippen molar-refractivity contribution in [3.8, 4) is 23.4 Å². The second-order valence-corrected chi connectivity index (χ2v) is 5.29. The highest BCUT2D eigenvalue weighted by molar-refractivity contribution is 6.32. The Hall–Kier alpha value is -2.78. The van der Waals surface area contributed by atoms with Crippen LogP contribution in [0.15, 0.2) is 30.3 Å². The minimum absolute atomic E-state index is 0.186. The molecule has 0 saturated heterocycles. The van der Waals surface area contributed by atoms with Crippen molar-refractivity contribution < 1.29 is 19.0 Å². The zero-order valence-electron chi connectivity index (χ0n) is 13.4. The predicted molar refractivity (Wildman–Crippen MR) is 87.3 cm³/mol. The van der Waals surface area contributed by atoms with Crippen LogP contribution in [0.2, 0.25) is 5.02 Å². The van der Waals surface area contributed by atoms with E-state index in [1.165, 1.54) is 13.2 Å². The third kappa shape index (κ3) is 4.15. The number of aromatic nitrogens is 1. The van der Waals surface area contributed by atoms with E-state index in [2.05, 4.69) is 9.72 Å². The first-order valence-electron chi connectivity index (χ1n) is 7.04. The van der Waals surface area contributed by atoms with E-state index in [9.17, 15) is 4.79 Å². The van der Waals surface area contributed by atoms with E-state index in [1.54, 1.807) is 38.1 Å². The van der Waals surface area contributed by atoms with Crippen LogP contribution in [-0.4, -0.2) is 24.2 Å². The van der Waals surface area contributed by atoms with Crippen molar-refractivity contribution in [1.29, 1.82) is 5.26 Å². The van der Waals surface area contributed by atoms with Crippen molar-refractivity contribution in [2.45, 2.75) is 20.0 Å². The van der Waals surface area contributed by atoms with Crippen LogP contribution in [0.5, 0.6) is 17.4 Å². The van der Waals surface area contributed by atoms with Gasteiger partial charge in [0.25, 0.3) is 0 Å². The highest BCUT2D eigenvalue weighted by Crippen LogP contribution is 2.30. The topological polar surface area (TPSA) is 81.4 Å². The largest absolute Gasteiger partial charge is 0.479 e. The number of esters is 1. The lowest BCUT2D eigenvalue weighted by Gasteiger charge is -2.13. The number of rotatable bonds is 5. The van der Waals surface area contributed by atoms with Crippen molar-refractivity contribution >= 4 is 17.6 Å². The molecule has 0 bridgehead atoms. The number of nitrogens with zero attached hydrogens (tertiary/aromatic N) is 2. The van der Waals surface area contributed by atoms with Gasteiger partial charge in [-0.25, -0.2) is 9.78 Å². The maximum absolute atomic E-state index is 11.4. The van der Waals surface area contributed by atoms with Gasteiger partial charge in [0, 0.05) is 6.07 Å². The van der Waals surface area contributed by atoms with Gasteiger partial charge in [-0.2, -0.15) is 5.26 Å². The summed E-state index contributed by atoms with van der Waals surface area (Å²) < 4.78 is 15.7. The molecule has 2 rings (SSSR count). The Morgan fingerprint density at radius 1 is 1.33 bits per heavy atom. The number of halogens is 1. The van der Waals surface area contributed by atoms with Crippen LogP contribution >= 0.6 is 11.6 Å². The molecule has 24 heavy (non-hydrogen) atoms. The number of carbonyl (C=O) groups excluding carboxylic acids is 1. The summed E-state index contributed by atoms with van der Waals surface area (Å²) >= 11 is 6.08. The maximum atomic E-state index is 11.4. The van der Waals surface area contributed by atoms with Crippen LogP contribution in [0, 0.1) is 18.3 Å². The van der Waals surface area contributed by atoms with E-state index in [4.69, 9.17) is 26.3 Å². The van der Waals surface area contributed by atoms with E-state index in [-0.39, 0.29) is 10.9 Å². The summed E-state index contributed by atoms with van der Waals surface area (Å²) in [5, 5.41) is 9.19. The number of ether oxygens (including phenoxy) is 3. The van der Waals surface area contributed by atoms with Gasteiger partial charge in [-0.3, -0.25) is 0 Å². The lowest BCUT2D eigenvalue weighted by molar-refractivity contribution is -0.147. The Balaban J connectivity index is 2.20. The summed E-state index contributed by atoms with van der Waals surface area (Å²) in [6.07, 6.45) is -0.746. The molecular weight excluding hydrogens is 332 g/mol. The quantitative estimate of drug-likeness (QED) is 0.769. The molecule has 0 aliphatic heterocycles. The Kier molecular flexibility index (Phi) is 5.61. The Morgan fingerprint density at radius 3 is 2.71 bits per heavy atom. The predicted octanol–water partition coefficient (Wildman–Crippen LogP) is 3.65. The minimum atomic E-state index is -0.746. The summed E-state index contributed by atoms with van der Waals surface area (Å²) in [7, 11) is 1.29. The first-order valence-corrected chi connectivity index (χ1v) is 7.42. The van der Waals surface area contributed by atoms with Crippen LogP contribution in [-0.2, 0) is 9.53 Å². The number of carbonyl (C=O) groups is 1. The van der Waals surface area contributed by atoms with Crippen molar-refractivity contribution in [2.75, 3.05) is 7.11 Å². The van der Waals surface area contributed by atoms with E-state index in [0.717, 1.165) is 0 Å². The maximum Gasteiger partial charge on any atom is 0.346 e. The van der Waals surface area contributed by atoms with Gasteiger partial charge in [0.1, 0.15) is 22.6 Å². The molecule has 0 saturated carbocycles. The number of nitriles is 1. The van der Waals surface area contributed by atoms with E-state index >= 15 is 0 Å². The molecule has 0 radical (unpaired) electrons. The first-order chi connectivity index (χ1) is 11.4. The second-order valence-electron chi connectivity index (χ2n) is 4.88. The Bertz CT molecular complexity index is 802. The zero-order valence-corrected chi connectivity index (χ0v) is 14.1. The summed E-state index contributed by atoms with van der Waals surface area (Å²) in [5.41, 5.74) is 0.903. The molecule has 6 nitrogen and oxygen atoms in total. The Morgan fingerprint density at radius 2 is 2.04 bits per heavy atom. The molecule has 1 unspecified atom stereocenters. The number of hydrogen-bond acceptors (Lipinski definition) is 6. The van der Waals surface area contributed by atoms with Gasteiger partial charge in [0.05, 0.1) is 18.4 Å². The fraction of sp³-hybridized carbons (Fsp3) is 0.235. The van der Waals surface area contributed by atoms with Gasteiger partial charge in [0.2, 0.25) is 5.88 Å². The van der Waals surface area contributed by atoms with E-state index in [1.807, 2.05) is 6.07 Å². The monoisotopic (exact) mass is 346 g/mol. The molecule has 1 atom stereocenters. The minimum Gasteiger partial charge on any atom is -0.479 e. The molecule has 0 spiro atoms. The van der Waals surface area contributed by atoms with Crippen molar-refractivity contribution in [3.05, 3.63) is 46.6 Å². The van der Waals surface area contributed by atoms with Crippen molar-refractivity contribution in [2.24, 2.45) is 0 Å². The van der Waals surface area contributed by atoms with E-state index < -0.39 is 12.1 Å². The fourth-order valence-electron chi connectivity index (χ4n) is 1.88. The van der Waals surface area contributed by atoms with Gasteiger partial charge < -0.3 is 14.2 Å². The average Bonchev–Trinajstić information content (AvgIpc) is 2.57. The van der Waals surface area contributed by atoms with Gasteiger partial charge in [-0.05, 0) is 32.0 Å². The lowest BCUT2D eigenvalue weighted by Crippen LogP contribution is -2.24. The molecule has 2 aromatic rings. The summed E-state index contributed by atoms with van der Waals surface area (Å²) in [5.74, 6) is 0.579. The third-order valence-electron chi connectivity index (χ3n) is 3.12. The number of hydrogen-bond donors (Lipinski definition) is 0. The molecular formula is C17H15ClN2O4. The van der Waals surface area contributed by atoms with Gasteiger partial charge >= 0.3 is 5.97 Å². The molecule has 0 aliphatic rings. The summed E-state index contributed by atoms with van der Waals surface area (Å²) in [6, 6.07) is 10.2. The van der Waals surface area contributed by atoms with Crippen LogP contribution in [0.3, 0.4) is 0 Å². The summed E-state index contributed by atoms with van der Waals surface area (Å²) in [6.45, 7) is 3.28. The summed E-state index contributed by atoms with van der Waals surface area (Å²) in [4.78, 5) is 15.6. The standard InChI is InChI=1S/C17H15ClN2O4/c1-10-12(9-19)7-15(18)16(20-10)24-14-6-4-5-13(8-14)23-11(2)17(21)22-3/h4-8,11H,1-3H3. The van der Waals surface area contributed by atoms with Gasteiger partial charge in [-0.15, -0.1) is 0 Å². The molecule has 1 heterocycles. The average molecular weight is 347 g/mol. The second kappa shape index (κ2) is 7.66. The molecule has 124 valence electrons. The lowest BCUT2D eigenvalue weighted by atomic mass is 10.2. The number of benzene rings is 1. The Labute approximate surface area is 144 Å². The molecule has 1 aromatic carbocycles. The highest BCUT2D eigenvalue weighted by Gasteiger charge is 2.15. The van der Waals surface area contributed by atoms with E-state index in [0.29, 0.717) is 22.8 Å². The van der Waals surface area contributed by atoms with Gasteiger partial charge in [0.15, 0.2) is 6.10 Å².